The molecule has 154 valence electrons. The van der Waals surface area contributed by atoms with Gasteiger partial charge in [0.1, 0.15) is 0 Å². The van der Waals surface area contributed by atoms with E-state index in [1.54, 1.807) is 18.3 Å². The molecule has 0 aliphatic carbocycles. The molecule has 2 aliphatic heterocycles. The van der Waals surface area contributed by atoms with Crippen molar-refractivity contribution in [1.82, 2.24) is 14.8 Å². The minimum Gasteiger partial charge on any atom is -0.338 e. The summed E-state index contributed by atoms with van der Waals surface area (Å²) in [5, 5.41) is 0. The Hall–Kier alpha value is -2.34. The number of benzene rings is 1. The minimum absolute atomic E-state index is 0.0685. The second-order valence-electron chi connectivity index (χ2n) is 8.31. The van der Waals surface area contributed by atoms with Gasteiger partial charge in [-0.15, -0.1) is 0 Å². The number of hydrogen-bond acceptors (Lipinski definition) is 3. The van der Waals surface area contributed by atoms with Gasteiger partial charge in [0, 0.05) is 37.1 Å². The molecule has 2 fully saturated rings. The molecule has 1 amide bonds. The zero-order valence-corrected chi connectivity index (χ0v) is 16.8. The molecule has 0 radical (unpaired) electrons. The van der Waals surface area contributed by atoms with E-state index in [1.165, 1.54) is 0 Å². The van der Waals surface area contributed by atoms with E-state index in [0.29, 0.717) is 29.5 Å². The Bertz CT molecular complexity index is 863. The van der Waals surface area contributed by atoms with Crippen molar-refractivity contribution < 1.29 is 13.6 Å². The fourth-order valence-corrected chi connectivity index (χ4v) is 4.63. The molecule has 0 spiro atoms. The third kappa shape index (κ3) is 4.47. The van der Waals surface area contributed by atoms with Gasteiger partial charge in [0.25, 0.3) is 5.91 Å². The van der Waals surface area contributed by atoms with Gasteiger partial charge in [-0.3, -0.25) is 14.7 Å². The van der Waals surface area contributed by atoms with Crippen LogP contribution in [0.3, 0.4) is 0 Å². The van der Waals surface area contributed by atoms with E-state index in [0.717, 1.165) is 57.2 Å². The number of aromatic nitrogens is 1. The Kier molecular flexibility index (Phi) is 5.90. The number of amides is 1. The van der Waals surface area contributed by atoms with Crippen molar-refractivity contribution in [2.24, 2.45) is 11.8 Å². The summed E-state index contributed by atoms with van der Waals surface area (Å²) in [6.45, 7) is 5.73. The Balaban J connectivity index is 1.29. The molecule has 29 heavy (non-hydrogen) atoms. The molecule has 0 saturated carbocycles. The third-order valence-electron chi connectivity index (χ3n) is 6.39. The standard InChI is InChI=1S/C23H27F2N3O/c1-16-5-6-18(13-26-16)23(29)28-12-9-19(15-28)17-7-10-27(11-8-17)14-20-3-2-4-21(24)22(20)25/h2-6,13,17,19H,7-12,14-15H2,1H3/t19-/m1/s1. The second kappa shape index (κ2) is 8.57. The number of piperidine rings is 1. The van der Waals surface area contributed by atoms with Gasteiger partial charge in [-0.2, -0.15) is 0 Å². The number of pyridine rings is 1. The lowest BCUT2D eigenvalue weighted by Gasteiger charge is -2.35. The maximum absolute atomic E-state index is 13.9. The molecule has 1 atom stereocenters. The first-order valence-electron chi connectivity index (χ1n) is 10.4. The second-order valence-corrected chi connectivity index (χ2v) is 8.31. The number of hydrogen-bond donors (Lipinski definition) is 0. The molecule has 0 N–H and O–H groups in total. The summed E-state index contributed by atoms with van der Waals surface area (Å²) in [7, 11) is 0. The molecule has 2 aliphatic rings. The molecular weight excluding hydrogens is 372 g/mol. The van der Waals surface area contributed by atoms with Gasteiger partial charge in [-0.1, -0.05) is 12.1 Å². The summed E-state index contributed by atoms with van der Waals surface area (Å²) in [5.41, 5.74) is 1.99. The van der Waals surface area contributed by atoms with Crippen molar-refractivity contribution in [2.45, 2.75) is 32.7 Å². The van der Waals surface area contributed by atoms with Gasteiger partial charge < -0.3 is 4.90 Å². The van der Waals surface area contributed by atoms with E-state index in [-0.39, 0.29) is 5.91 Å². The van der Waals surface area contributed by atoms with E-state index in [2.05, 4.69) is 9.88 Å². The van der Waals surface area contributed by atoms with Crippen LogP contribution in [0, 0.1) is 30.4 Å². The van der Waals surface area contributed by atoms with Gasteiger partial charge in [-0.05, 0) is 69.3 Å². The first-order chi connectivity index (χ1) is 14.0. The SMILES string of the molecule is Cc1ccc(C(=O)N2CC[C@@H](C3CCN(Cc4cccc(F)c4F)CC3)C2)cn1. The zero-order chi connectivity index (χ0) is 20.4. The number of carbonyl (C=O) groups excluding carboxylic acids is 1. The Morgan fingerprint density at radius 3 is 2.55 bits per heavy atom. The molecule has 3 heterocycles. The highest BCUT2D eigenvalue weighted by Gasteiger charge is 2.34. The van der Waals surface area contributed by atoms with Crippen LogP contribution in [0.5, 0.6) is 0 Å². The van der Waals surface area contributed by atoms with Gasteiger partial charge in [0.05, 0.1) is 5.56 Å². The molecule has 0 unspecified atom stereocenters. The highest BCUT2D eigenvalue weighted by Crippen LogP contribution is 2.33. The summed E-state index contributed by atoms with van der Waals surface area (Å²) in [6, 6.07) is 8.10. The van der Waals surface area contributed by atoms with Crippen molar-refractivity contribution in [3.8, 4) is 0 Å². The summed E-state index contributed by atoms with van der Waals surface area (Å²) in [6.07, 6.45) is 4.77. The molecule has 6 heteroatoms. The van der Waals surface area contributed by atoms with Crippen molar-refractivity contribution >= 4 is 5.91 Å². The predicted octanol–water partition coefficient (Wildman–Crippen LogP) is 4.04. The number of rotatable bonds is 4. The quantitative estimate of drug-likeness (QED) is 0.779. The average Bonchev–Trinajstić information content (AvgIpc) is 3.22. The van der Waals surface area contributed by atoms with E-state index in [4.69, 9.17) is 0 Å². The summed E-state index contributed by atoms with van der Waals surface area (Å²) in [5.74, 6) is -0.343. The molecular formula is C23H27F2N3O. The molecule has 4 nitrogen and oxygen atoms in total. The first kappa shape index (κ1) is 20.0. The smallest absolute Gasteiger partial charge is 0.255 e. The minimum atomic E-state index is -0.781. The van der Waals surface area contributed by atoms with Crippen LogP contribution in [0.4, 0.5) is 8.78 Å². The maximum atomic E-state index is 13.9. The van der Waals surface area contributed by atoms with Crippen LogP contribution >= 0.6 is 0 Å². The van der Waals surface area contributed by atoms with Crippen LogP contribution in [-0.2, 0) is 6.54 Å². The monoisotopic (exact) mass is 399 g/mol. The van der Waals surface area contributed by atoms with E-state index >= 15 is 0 Å². The van der Waals surface area contributed by atoms with Crippen molar-refractivity contribution in [1.29, 1.82) is 0 Å². The summed E-state index contributed by atoms with van der Waals surface area (Å²) in [4.78, 5) is 21.1. The van der Waals surface area contributed by atoms with Crippen LogP contribution < -0.4 is 0 Å². The fraction of sp³-hybridized carbons (Fsp3) is 0.478. The van der Waals surface area contributed by atoms with Crippen LogP contribution in [0.2, 0.25) is 0 Å². The Morgan fingerprint density at radius 2 is 1.83 bits per heavy atom. The Labute approximate surface area is 170 Å². The topological polar surface area (TPSA) is 36.4 Å². The highest BCUT2D eigenvalue weighted by molar-refractivity contribution is 5.94. The lowest BCUT2D eigenvalue weighted by atomic mass is 9.83. The van der Waals surface area contributed by atoms with Crippen LogP contribution in [0.15, 0.2) is 36.5 Å². The van der Waals surface area contributed by atoms with Gasteiger partial charge >= 0.3 is 0 Å². The highest BCUT2D eigenvalue weighted by atomic mass is 19.2. The van der Waals surface area contributed by atoms with E-state index in [9.17, 15) is 13.6 Å². The van der Waals surface area contributed by atoms with Crippen molar-refractivity contribution in [3.05, 3.63) is 65.0 Å². The van der Waals surface area contributed by atoms with Gasteiger partial charge in [0.2, 0.25) is 0 Å². The van der Waals surface area contributed by atoms with Crippen molar-refractivity contribution in [2.75, 3.05) is 26.2 Å². The number of carbonyl (C=O) groups is 1. The Morgan fingerprint density at radius 1 is 1.07 bits per heavy atom. The first-order valence-corrected chi connectivity index (χ1v) is 10.4. The molecule has 2 aromatic rings. The largest absolute Gasteiger partial charge is 0.338 e. The van der Waals surface area contributed by atoms with E-state index in [1.807, 2.05) is 24.0 Å². The molecule has 0 bridgehead atoms. The maximum Gasteiger partial charge on any atom is 0.255 e. The number of nitrogens with zero attached hydrogens (tertiary/aromatic N) is 3. The third-order valence-corrected chi connectivity index (χ3v) is 6.39. The number of halogens is 2. The molecule has 4 rings (SSSR count). The van der Waals surface area contributed by atoms with E-state index < -0.39 is 11.6 Å². The average molecular weight is 399 g/mol. The van der Waals surface area contributed by atoms with Gasteiger partial charge in [-0.25, -0.2) is 8.78 Å². The molecule has 1 aromatic carbocycles. The zero-order valence-electron chi connectivity index (χ0n) is 16.8. The van der Waals surface area contributed by atoms with Gasteiger partial charge in [0.15, 0.2) is 11.6 Å². The predicted molar refractivity (Wildman–Crippen MR) is 107 cm³/mol. The normalized spacial score (nSPS) is 20.9. The van der Waals surface area contributed by atoms with Crippen LogP contribution in [0.1, 0.15) is 40.9 Å². The lowest BCUT2D eigenvalue weighted by molar-refractivity contribution is 0.0772. The lowest BCUT2D eigenvalue weighted by Crippen LogP contribution is -2.37. The van der Waals surface area contributed by atoms with Crippen LogP contribution in [0.25, 0.3) is 0 Å². The van der Waals surface area contributed by atoms with Crippen molar-refractivity contribution in [3.63, 3.8) is 0 Å². The number of aryl methyl sites for hydroxylation is 1. The summed E-state index contributed by atoms with van der Waals surface area (Å²) < 4.78 is 27.3. The molecule has 1 aromatic heterocycles. The molecule has 2 saturated heterocycles. The van der Waals surface area contributed by atoms with Crippen LogP contribution in [-0.4, -0.2) is 46.9 Å². The summed E-state index contributed by atoms with van der Waals surface area (Å²) >= 11 is 0. The fourth-order valence-electron chi connectivity index (χ4n) is 4.63. The number of likely N-dealkylation sites (tertiary alicyclic amines) is 2.